The molecule has 0 radical (unpaired) electrons. The molecule has 0 saturated carbocycles. The predicted octanol–water partition coefficient (Wildman–Crippen LogP) is 4.46. The van der Waals surface area contributed by atoms with Gasteiger partial charge in [-0.2, -0.15) is 0 Å². The first kappa shape index (κ1) is 19.0. The van der Waals surface area contributed by atoms with E-state index in [-0.39, 0.29) is 22.4 Å². The van der Waals surface area contributed by atoms with Crippen molar-refractivity contribution in [2.45, 2.75) is 31.1 Å². The summed E-state index contributed by atoms with van der Waals surface area (Å²) in [6.45, 7) is 2.25. The average Bonchev–Trinajstić information content (AvgIpc) is 2.42. The highest BCUT2D eigenvalue weighted by molar-refractivity contribution is 7.89. The standard InChI is InChI=1S/C13H17Cl3FNO2S/c1-2-3-9(6-7-14)8-18-21(19,20)11-5-4-10(15)13(17)12(11)16/h4-5,9,18H,2-3,6-8H2,1H3. The maximum absolute atomic E-state index is 13.6. The monoisotopic (exact) mass is 375 g/mol. The van der Waals surface area contributed by atoms with E-state index in [0.717, 1.165) is 12.8 Å². The van der Waals surface area contributed by atoms with Gasteiger partial charge in [0.15, 0.2) is 5.82 Å². The Labute approximate surface area is 139 Å². The lowest BCUT2D eigenvalue weighted by Crippen LogP contribution is -2.30. The minimum absolute atomic E-state index is 0.137. The van der Waals surface area contributed by atoms with Crippen LogP contribution in [-0.2, 0) is 10.0 Å². The van der Waals surface area contributed by atoms with E-state index < -0.39 is 20.9 Å². The molecule has 3 nitrogen and oxygen atoms in total. The molecule has 0 aliphatic heterocycles. The maximum Gasteiger partial charge on any atom is 0.242 e. The minimum Gasteiger partial charge on any atom is -0.211 e. The Bertz CT molecular complexity index is 575. The molecule has 0 heterocycles. The molecule has 1 N–H and O–H groups in total. The Hall–Kier alpha value is -0.0700. The number of hydrogen-bond acceptors (Lipinski definition) is 2. The summed E-state index contributed by atoms with van der Waals surface area (Å²) >= 11 is 17.0. The highest BCUT2D eigenvalue weighted by Gasteiger charge is 2.22. The summed E-state index contributed by atoms with van der Waals surface area (Å²) in [6, 6.07) is 2.35. The first-order chi connectivity index (χ1) is 9.83. The molecule has 0 spiro atoms. The molecule has 1 aromatic carbocycles. The van der Waals surface area contributed by atoms with Crippen LogP contribution in [-0.4, -0.2) is 20.8 Å². The number of benzene rings is 1. The van der Waals surface area contributed by atoms with Crippen LogP contribution in [0.25, 0.3) is 0 Å². The van der Waals surface area contributed by atoms with Crippen molar-refractivity contribution >= 4 is 44.8 Å². The second-order valence-corrected chi connectivity index (χ2v) is 7.56. The number of hydrogen-bond donors (Lipinski definition) is 1. The topological polar surface area (TPSA) is 46.2 Å². The fraction of sp³-hybridized carbons (Fsp3) is 0.538. The van der Waals surface area contributed by atoms with Crippen LogP contribution >= 0.6 is 34.8 Å². The van der Waals surface area contributed by atoms with E-state index >= 15 is 0 Å². The molecule has 0 aliphatic rings. The zero-order valence-electron chi connectivity index (χ0n) is 11.5. The van der Waals surface area contributed by atoms with Crippen molar-refractivity contribution in [1.29, 1.82) is 0 Å². The molecule has 0 bridgehead atoms. The third kappa shape index (κ3) is 5.25. The van der Waals surface area contributed by atoms with Gasteiger partial charge in [-0.05, 0) is 30.9 Å². The van der Waals surface area contributed by atoms with Crippen LogP contribution in [0.1, 0.15) is 26.2 Å². The van der Waals surface area contributed by atoms with E-state index in [4.69, 9.17) is 34.8 Å². The predicted molar refractivity (Wildman–Crippen MR) is 85.3 cm³/mol. The van der Waals surface area contributed by atoms with Gasteiger partial charge in [0.05, 0.1) is 10.0 Å². The van der Waals surface area contributed by atoms with Crippen molar-refractivity contribution in [3.63, 3.8) is 0 Å². The van der Waals surface area contributed by atoms with Gasteiger partial charge in [-0.15, -0.1) is 11.6 Å². The lowest BCUT2D eigenvalue weighted by molar-refractivity contribution is 0.457. The highest BCUT2D eigenvalue weighted by atomic mass is 35.5. The van der Waals surface area contributed by atoms with Crippen molar-refractivity contribution < 1.29 is 12.8 Å². The SMILES string of the molecule is CCCC(CCCl)CNS(=O)(=O)c1ccc(Cl)c(F)c1Cl. The van der Waals surface area contributed by atoms with E-state index in [9.17, 15) is 12.8 Å². The van der Waals surface area contributed by atoms with Crippen LogP contribution in [0.2, 0.25) is 10.0 Å². The number of nitrogens with one attached hydrogen (secondary N) is 1. The van der Waals surface area contributed by atoms with Gasteiger partial charge in [0.1, 0.15) is 4.90 Å². The van der Waals surface area contributed by atoms with E-state index in [1.165, 1.54) is 12.1 Å². The molecule has 1 rings (SSSR count). The lowest BCUT2D eigenvalue weighted by Gasteiger charge is -2.16. The van der Waals surface area contributed by atoms with E-state index in [2.05, 4.69) is 4.72 Å². The normalized spacial score (nSPS) is 13.4. The van der Waals surface area contributed by atoms with Crippen LogP contribution in [0.4, 0.5) is 4.39 Å². The Balaban J connectivity index is 2.89. The molecule has 8 heteroatoms. The highest BCUT2D eigenvalue weighted by Crippen LogP contribution is 2.29. The van der Waals surface area contributed by atoms with Crippen LogP contribution in [0, 0.1) is 11.7 Å². The molecule has 120 valence electrons. The average molecular weight is 377 g/mol. The third-order valence-corrected chi connectivity index (χ3v) is 5.52. The van der Waals surface area contributed by atoms with Crippen molar-refractivity contribution in [2.24, 2.45) is 5.92 Å². The van der Waals surface area contributed by atoms with Gasteiger partial charge in [-0.3, -0.25) is 0 Å². The summed E-state index contributed by atoms with van der Waals surface area (Å²) in [6.07, 6.45) is 2.50. The Morgan fingerprint density at radius 1 is 1.29 bits per heavy atom. The summed E-state index contributed by atoms with van der Waals surface area (Å²) in [5, 5.41) is -0.718. The van der Waals surface area contributed by atoms with E-state index in [1.807, 2.05) is 6.92 Å². The molecule has 0 aliphatic carbocycles. The van der Waals surface area contributed by atoms with Gasteiger partial charge in [-0.25, -0.2) is 17.5 Å². The molecule has 0 amide bonds. The summed E-state index contributed by atoms with van der Waals surface area (Å²) in [5.74, 6) is -0.340. The van der Waals surface area contributed by atoms with E-state index in [0.29, 0.717) is 12.3 Å². The maximum atomic E-state index is 13.6. The van der Waals surface area contributed by atoms with Crippen LogP contribution in [0.5, 0.6) is 0 Å². The Kier molecular flexibility index (Phi) is 7.71. The van der Waals surface area contributed by atoms with Gasteiger partial charge in [0, 0.05) is 12.4 Å². The van der Waals surface area contributed by atoms with Crippen LogP contribution < -0.4 is 4.72 Å². The summed E-state index contributed by atoms with van der Waals surface area (Å²) < 4.78 is 40.4. The Morgan fingerprint density at radius 3 is 2.52 bits per heavy atom. The summed E-state index contributed by atoms with van der Waals surface area (Å²) in [5.41, 5.74) is 0. The van der Waals surface area contributed by atoms with Crippen molar-refractivity contribution in [2.75, 3.05) is 12.4 Å². The van der Waals surface area contributed by atoms with Gasteiger partial charge in [0.25, 0.3) is 0 Å². The molecular formula is C13H17Cl3FNO2S. The fourth-order valence-electron chi connectivity index (χ4n) is 1.93. The van der Waals surface area contributed by atoms with E-state index in [1.54, 1.807) is 0 Å². The van der Waals surface area contributed by atoms with Crippen molar-refractivity contribution in [3.05, 3.63) is 28.0 Å². The van der Waals surface area contributed by atoms with Gasteiger partial charge in [-0.1, -0.05) is 36.5 Å². The first-order valence-corrected chi connectivity index (χ1v) is 9.30. The second kappa shape index (κ2) is 8.53. The largest absolute Gasteiger partial charge is 0.242 e. The molecule has 1 aromatic rings. The van der Waals surface area contributed by atoms with Crippen LogP contribution in [0.3, 0.4) is 0 Å². The smallest absolute Gasteiger partial charge is 0.211 e. The van der Waals surface area contributed by atoms with Gasteiger partial charge < -0.3 is 0 Å². The second-order valence-electron chi connectivity index (χ2n) is 4.66. The number of alkyl halides is 1. The third-order valence-electron chi connectivity index (χ3n) is 3.07. The Morgan fingerprint density at radius 2 is 1.95 bits per heavy atom. The quantitative estimate of drug-likeness (QED) is 0.538. The molecular weight excluding hydrogens is 360 g/mol. The molecule has 0 fully saturated rings. The van der Waals surface area contributed by atoms with Gasteiger partial charge >= 0.3 is 0 Å². The number of rotatable bonds is 8. The zero-order valence-corrected chi connectivity index (χ0v) is 14.6. The fourth-order valence-corrected chi connectivity index (χ4v) is 4.10. The molecule has 1 atom stereocenters. The summed E-state index contributed by atoms with van der Waals surface area (Å²) in [7, 11) is -3.89. The lowest BCUT2D eigenvalue weighted by atomic mass is 10.0. The molecule has 21 heavy (non-hydrogen) atoms. The minimum atomic E-state index is -3.89. The molecule has 1 unspecified atom stereocenters. The zero-order chi connectivity index (χ0) is 16.0. The first-order valence-electron chi connectivity index (χ1n) is 6.52. The number of sulfonamides is 1. The summed E-state index contributed by atoms with van der Waals surface area (Å²) in [4.78, 5) is -0.313. The van der Waals surface area contributed by atoms with Gasteiger partial charge in [0.2, 0.25) is 10.0 Å². The molecule has 0 saturated heterocycles. The van der Waals surface area contributed by atoms with Crippen molar-refractivity contribution in [3.8, 4) is 0 Å². The molecule has 0 aromatic heterocycles. The number of halogens is 4. The van der Waals surface area contributed by atoms with Crippen molar-refractivity contribution in [1.82, 2.24) is 4.72 Å². The van der Waals surface area contributed by atoms with Crippen LogP contribution in [0.15, 0.2) is 17.0 Å².